The molecular formula is H3Cl3LuO12. The van der Waals surface area contributed by atoms with Crippen LogP contribution in [0.15, 0.2) is 0 Å². The first-order valence-corrected chi connectivity index (χ1v) is 5.69. The molecule has 0 aliphatic carbocycles. The average molecular weight is 476 g/mol. The third-order valence-corrected chi connectivity index (χ3v) is 0. The average Bonchev–Trinajstić information content (AvgIpc) is 1.41. The standard InChI is InChI=1S/3ClHO4.Lu/c3*2-1(3,4)5;/h3*(H,2,3,4,5);. The molecule has 0 rings (SSSR count). The van der Waals surface area contributed by atoms with Crippen LogP contribution in [-0.4, -0.2) is 14.0 Å². The Morgan fingerprint density at radius 3 is 0.438 bits per heavy atom. The van der Waals surface area contributed by atoms with Crippen molar-refractivity contribution in [2.45, 2.75) is 0 Å². The summed E-state index contributed by atoms with van der Waals surface area (Å²) >= 11 is 0. The van der Waals surface area contributed by atoms with E-state index in [1.54, 1.807) is 0 Å². The molecule has 0 fully saturated rings. The van der Waals surface area contributed by atoms with E-state index in [-0.39, 0.29) is 36.9 Å². The summed E-state index contributed by atoms with van der Waals surface area (Å²) < 4.78 is 98.2. The Hall–Kier alpha value is 1.62. The van der Waals surface area contributed by atoms with E-state index in [1.165, 1.54) is 0 Å². The Morgan fingerprint density at radius 2 is 0.438 bits per heavy atom. The van der Waals surface area contributed by atoms with Crippen LogP contribution in [0.3, 0.4) is 0 Å². The number of rotatable bonds is 0. The number of hydrogen-bond donors (Lipinski definition) is 3. The monoisotopic (exact) mass is 475 g/mol. The van der Waals surface area contributed by atoms with Gasteiger partial charge in [0.2, 0.25) is 0 Å². The molecule has 16 heavy (non-hydrogen) atoms. The second kappa shape index (κ2) is 10.5. The number of hydrogen-bond acceptors (Lipinski definition) is 12. The minimum atomic E-state index is -4.69. The fourth-order valence-electron chi connectivity index (χ4n) is 0. The first-order valence-electron chi connectivity index (χ1n) is 1.90. The van der Waals surface area contributed by atoms with Gasteiger partial charge in [-0.05, 0) is 0 Å². The van der Waals surface area contributed by atoms with Crippen LogP contribution in [0.2, 0.25) is 0 Å². The van der Waals surface area contributed by atoms with Gasteiger partial charge < -0.3 is 0 Å². The Bertz CT molecular complexity index is 91.3. The Kier molecular flexibility index (Phi) is 17.3. The Morgan fingerprint density at radius 1 is 0.438 bits per heavy atom. The van der Waals surface area contributed by atoms with Crippen LogP contribution in [0.25, 0.3) is 0 Å². The molecule has 0 aliphatic rings. The van der Waals surface area contributed by atoms with E-state index >= 15 is 0 Å². The predicted octanol–water partition coefficient (Wildman–Crippen LogP) is -12.4. The Labute approximate surface area is 123 Å². The van der Waals surface area contributed by atoms with Crippen LogP contribution in [0.5, 0.6) is 0 Å². The van der Waals surface area contributed by atoms with Crippen molar-refractivity contribution in [1.82, 2.24) is 0 Å². The maximum atomic E-state index is 8.60. The molecule has 0 saturated carbocycles. The molecule has 0 bridgehead atoms. The van der Waals surface area contributed by atoms with E-state index in [0.29, 0.717) is 0 Å². The smallest absolute Gasteiger partial charge is 0.0777 e. The molecule has 0 aromatic carbocycles. The zero-order chi connectivity index (χ0) is 13.5. The topological polar surface area (TPSA) is 268 Å². The van der Waals surface area contributed by atoms with E-state index < -0.39 is 30.7 Å². The largest absolute Gasteiger partial charge is 0.183 e. The molecule has 1 radical (unpaired) electrons. The molecule has 12 nitrogen and oxygen atoms in total. The van der Waals surface area contributed by atoms with Crippen molar-refractivity contribution >= 4 is 0 Å². The molecule has 0 aromatic heterocycles. The number of halogens is 3. The maximum absolute atomic E-state index is 8.60. The third-order valence-electron chi connectivity index (χ3n) is 0. The van der Waals surface area contributed by atoms with Gasteiger partial charge in [-0.1, -0.05) is 0 Å². The van der Waals surface area contributed by atoms with Crippen LogP contribution < -0.4 is 41.9 Å². The van der Waals surface area contributed by atoms with Crippen molar-refractivity contribution in [2.24, 2.45) is 0 Å². The molecule has 0 saturated heterocycles. The molecule has 0 heterocycles. The van der Waals surface area contributed by atoms with Gasteiger partial charge in [0.05, 0.1) is 44.7 Å². The van der Waals surface area contributed by atoms with E-state index in [2.05, 4.69) is 0 Å². The predicted molar refractivity (Wildman–Crippen MR) is 6.66 cm³/mol. The van der Waals surface area contributed by atoms with Crippen molar-refractivity contribution in [3.8, 4) is 0 Å². The Balaban J connectivity index is -0.0000000655. The van der Waals surface area contributed by atoms with Gasteiger partial charge in [-0.15, -0.1) is 0 Å². The van der Waals surface area contributed by atoms with Crippen molar-refractivity contribution in [1.29, 1.82) is 0 Å². The first kappa shape index (κ1) is 26.2. The summed E-state index contributed by atoms with van der Waals surface area (Å²) in [7, 11) is -14.1. The first-order chi connectivity index (χ1) is 6.00. The minimum Gasteiger partial charge on any atom is -0.183 e. The van der Waals surface area contributed by atoms with Gasteiger partial charge in [-0.25, -0.2) is 0 Å². The summed E-state index contributed by atoms with van der Waals surface area (Å²) in [6.45, 7) is 0. The maximum Gasteiger partial charge on any atom is 0.0777 e. The molecular weight excluding hydrogens is 473 g/mol. The summed E-state index contributed by atoms with van der Waals surface area (Å²) in [4.78, 5) is 0. The molecule has 0 unspecified atom stereocenters. The quantitative estimate of drug-likeness (QED) is 0.294. The van der Waals surface area contributed by atoms with Crippen molar-refractivity contribution in [2.75, 3.05) is 0 Å². The van der Waals surface area contributed by atoms with Crippen LogP contribution in [0.4, 0.5) is 0 Å². The van der Waals surface area contributed by atoms with Gasteiger partial charge >= 0.3 is 0 Å². The summed E-state index contributed by atoms with van der Waals surface area (Å²) in [5.41, 5.74) is 0. The van der Waals surface area contributed by atoms with Crippen LogP contribution >= 0.6 is 0 Å². The normalized spacial score (nSPS) is 11.2. The summed E-state index contributed by atoms with van der Waals surface area (Å²) in [5.74, 6) is 0. The van der Waals surface area contributed by atoms with E-state index in [9.17, 15) is 0 Å². The summed E-state index contributed by atoms with van der Waals surface area (Å²) in [5, 5.41) is 0. The fraction of sp³-hybridized carbons (Fsp3) is 0. The fourth-order valence-corrected chi connectivity index (χ4v) is 0. The van der Waals surface area contributed by atoms with Crippen LogP contribution in [0, 0.1) is 67.6 Å². The van der Waals surface area contributed by atoms with Gasteiger partial charge in [0.1, 0.15) is 0 Å². The third kappa shape index (κ3) is 1270. The molecule has 111 valence electrons. The van der Waals surface area contributed by atoms with Gasteiger partial charge in [-0.3, -0.25) is 0 Å². The second-order valence-electron chi connectivity index (χ2n) is 1.19. The summed E-state index contributed by atoms with van der Waals surface area (Å²) in [6.07, 6.45) is 0. The molecule has 0 aliphatic heterocycles. The van der Waals surface area contributed by atoms with Crippen molar-refractivity contribution in [3.05, 3.63) is 0 Å². The van der Waals surface area contributed by atoms with Gasteiger partial charge in [0, 0.05) is 36.9 Å². The molecule has 3 N–H and O–H groups in total. The zero-order valence-electron chi connectivity index (χ0n) is 6.41. The SMILES string of the molecule is [Lu].[O-][Cl+3]([O-])([O-])O.[O-][Cl+3]([O-])([O-])O.[O-][Cl+3]([O-])([O-])O. The van der Waals surface area contributed by atoms with E-state index in [0.717, 1.165) is 0 Å². The van der Waals surface area contributed by atoms with Crippen molar-refractivity contribution < 1.29 is 124 Å². The van der Waals surface area contributed by atoms with Gasteiger partial charge in [0.25, 0.3) is 0 Å². The molecule has 0 spiro atoms. The molecule has 0 aromatic rings. The van der Waals surface area contributed by atoms with Crippen LogP contribution in [-0.2, 0) is 0 Å². The van der Waals surface area contributed by atoms with Gasteiger partial charge in [0.15, 0.2) is 0 Å². The zero-order valence-corrected chi connectivity index (χ0v) is 10.3. The van der Waals surface area contributed by atoms with Gasteiger partial charge in [-0.2, -0.15) is 41.9 Å². The second-order valence-corrected chi connectivity index (χ2v) is 3.56. The van der Waals surface area contributed by atoms with E-state index in [4.69, 9.17) is 55.9 Å². The molecule has 0 amide bonds. The minimum absolute atomic E-state index is 0. The molecule has 16 heteroatoms. The van der Waals surface area contributed by atoms with Crippen LogP contribution in [0.1, 0.15) is 0 Å². The summed E-state index contributed by atoms with van der Waals surface area (Å²) in [6, 6.07) is 0. The molecule has 0 atom stereocenters. The van der Waals surface area contributed by atoms with Crippen molar-refractivity contribution in [3.63, 3.8) is 0 Å². The van der Waals surface area contributed by atoms with E-state index in [1.807, 2.05) is 0 Å².